The lowest BCUT2D eigenvalue weighted by Gasteiger charge is -2.19. The van der Waals surface area contributed by atoms with E-state index in [1.165, 1.54) is 4.31 Å². The van der Waals surface area contributed by atoms with Gasteiger partial charge in [0.15, 0.2) is 0 Å². The van der Waals surface area contributed by atoms with Crippen molar-refractivity contribution in [3.8, 4) is 0 Å². The van der Waals surface area contributed by atoms with Gasteiger partial charge in [-0.25, -0.2) is 12.7 Å². The quantitative estimate of drug-likeness (QED) is 0.811. The van der Waals surface area contributed by atoms with Gasteiger partial charge in [0.1, 0.15) is 0 Å². The van der Waals surface area contributed by atoms with Gasteiger partial charge in [-0.15, -0.1) is 0 Å². The summed E-state index contributed by atoms with van der Waals surface area (Å²) in [5, 5.41) is 3.04. The summed E-state index contributed by atoms with van der Waals surface area (Å²) in [6.07, 6.45) is 1.84. The third kappa shape index (κ3) is 4.04. The van der Waals surface area contributed by atoms with Crippen LogP contribution in [0, 0.1) is 6.92 Å². The van der Waals surface area contributed by atoms with Gasteiger partial charge >= 0.3 is 0 Å². The van der Waals surface area contributed by atoms with Crippen LogP contribution < -0.4 is 5.32 Å². The van der Waals surface area contributed by atoms with E-state index in [2.05, 4.69) is 28.2 Å². The lowest BCUT2D eigenvalue weighted by atomic mass is 10.1. The first kappa shape index (κ1) is 17.6. The molecular formula is C14H23BrN2O2S. The predicted octanol–water partition coefficient (Wildman–Crippen LogP) is 2.90. The van der Waals surface area contributed by atoms with Crippen molar-refractivity contribution in [2.75, 3.05) is 20.6 Å². The van der Waals surface area contributed by atoms with Crippen molar-refractivity contribution < 1.29 is 8.42 Å². The number of sulfonamides is 1. The molecular weight excluding hydrogens is 340 g/mol. The number of unbranched alkanes of at least 4 members (excludes halogenated alkanes) is 1. The Bertz CT molecular complexity index is 559. The molecule has 114 valence electrons. The predicted molar refractivity (Wildman–Crippen MR) is 86.4 cm³/mol. The highest BCUT2D eigenvalue weighted by Gasteiger charge is 2.23. The summed E-state index contributed by atoms with van der Waals surface area (Å²) >= 11 is 3.45. The number of hydrogen-bond acceptors (Lipinski definition) is 3. The fourth-order valence-corrected chi connectivity index (χ4v) is 4.09. The molecule has 0 aliphatic rings. The molecule has 0 spiro atoms. The van der Waals surface area contributed by atoms with Crippen molar-refractivity contribution in [2.45, 2.75) is 38.1 Å². The Morgan fingerprint density at radius 2 is 2.00 bits per heavy atom. The van der Waals surface area contributed by atoms with E-state index in [0.717, 1.165) is 28.4 Å². The lowest BCUT2D eigenvalue weighted by molar-refractivity contribution is 0.459. The molecule has 0 atom stereocenters. The second-order valence-corrected chi connectivity index (χ2v) is 7.78. The van der Waals surface area contributed by atoms with Gasteiger partial charge in [0.05, 0.1) is 4.90 Å². The normalized spacial score (nSPS) is 12.1. The zero-order chi connectivity index (χ0) is 15.3. The number of hydrogen-bond donors (Lipinski definition) is 1. The number of halogens is 1. The van der Waals surface area contributed by atoms with Crippen LogP contribution in [0.15, 0.2) is 21.5 Å². The minimum absolute atomic E-state index is 0.385. The molecule has 1 N–H and O–H groups in total. The molecule has 0 saturated heterocycles. The zero-order valence-electron chi connectivity index (χ0n) is 12.5. The first-order valence-electron chi connectivity index (χ1n) is 6.74. The molecule has 1 aromatic rings. The third-order valence-electron chi connectivity index (χ3n) is 3.25. The Morgan fingerprint density at radius 1 is 1.35 bits per heavy atom. The molecule has 0 saturated carbocycles. The van der Waals surface area contributed by atoms with E-state index in [1.54, 1.807) is 13.1 Å². The number of benzene rings is 1. The van der Waals surface area contributed by atoms with Crippen LogP contribution in [-0.4, -0.2) is 33.4 Å². The van der Waals surface area contributed by atoms with Gasteiger partial charge in [0.2, 0.25) is 10.0 Å². The molecule has 0 aliphatic heterocycles. The summed E-state index contributed by atoms with van der Waals surface area (Å²) in [6.45, 7) is 5.07. The van der Waals surface area contributed by atoms with Gasteiger partial charge in [0, 0.05) is 24.6 Å². The summed E-state index contributed by atoms with van der Waals surface area (Å²) in [5.74, 6) is 0. The summed E-state index contributed by atoms with van der Waals surface area (Å²) in [5.41, 5.74) is 1.71. The van der Waals surface area contributed by atoms with E-state index in [-0.39, 0.29) is 0 Å². The maximum absolute atomic E-state index is 12.7. The molecule has 0 aliphatic carbocycles. The monoisotopic (exact) mass is 362 g/mol. The van der Waals surface area contributed by atoms with E-state index in [0.29, 0.717) is 18.0 Å². The van der Waals surface area contributed by atoms with Crippen molar-refractivity contribution in [1.82, 2.24) is 9.62 Å². The van der Waals surface area contributed by atoms with E-state index in [4.69, 9.17) is 0 Å². The van der Waals surface area contributed by atoms with Crippen LogP contribution in [0.3, 0.4) is 0 Å². The highest BCUT2D eigenvalue weighted by Crippen LogP contribution is 2.27. The smallest absolute Gasteiger partial charge is 0.243 e. The molecule has 0 amide bonds. The number of rotatable bonds is 7. The van der Waals surface area contributed by atoms with Crippen LogP contribution in [-0.2, 0) is 16.6 Å². The molecule has 0 heterocycles. The highest BCUT2D eigenvalue weighted by atomic mass is 79.9. The van der Waals surface area contributed by atoms with Crippen LogP contribution in [0.1, 0.15) is 30.9 Å². The lowest BCUT2D eigenvalue weighted by Crippen LogP contribution is -2.28. The van der Waals surface area contributed by atoms with Gasteiger partial charge in [-0.1, -0.05) is 29.3 Å². The van der Waals surface area contributed by atoms with Crippen LogP contribution in [0.4, 0.5) is 0 Å². The minimum Gasteiger partial charge on any atom is -0.316 e. The van der Waals surface area contributed by atoms with Crippen molar-refractivity contribution >= 4 is 26.0 Å². The molecule has 0 radical (unpaired) electrons. The molecule has 0 aromatic heterocycles. The van der Waals surface area contributed by atoms with Gasteiger partial charge < -0.3 is 5.32 Å². The maximum Gasteiger partial charge on any atom is 0.243 e. The summed E-state index contributed by atoms with van der Waals surface area (Å²) in [4.78, 5) is 0.385. The van der Waals surface area contributed by atoms with Gasteiger partial charge in [-0.05, 0) is 43.7 Å². The fourth-order valence-electron chi connectivity index (χ4n) is 1.95. The van der Waals surface area contributed by atoms with Gasteiger partial charge in [-0.3, -0.25) is 0 Å². The number of nitrogens with zero attached hydrogens (tertiary/aromatic N) is 1. The SMILES string of the molecule is CCCCN(C)S(=O)(=O)c1cc(CNC)cc(Br)c1C. The van der Waals surface area contributed by atoms with Crippen LogP contribution in [0.2, 0.25) is 0 Å². The molecule has 4 nitrogen and oxygen atoms in total. The first-order valence-corrected chi connectivity index (χ1v) is 8.97. The van der Waals surface area contributed by atoms with E-state index < -0.39 is 10.0 Å². The summed E-state index contributed by atoms with van der Waals surface area (Å²) < 4.78 is 27.6. The Morgan fingerprint density at radius 3 is 2.55 bits per heavy atom. The first-order chi connectivity index (χ1) is 9.34. The van der Waals surface area contributed by atoms with E-state index in [1.807, 2.05) is 20.0 Å². The molecule has 1 aromatic carbocycles. The Hall–Kier alpha value is -0.430. The summed E-state index contributed by atoms with van der Waals surface area (Å²) in [6, 6.07) is 3.71. The van der Waals surface area contributed by atoms with Crippen molar-refractivity contribution in [1.29, 1.82) is 0 Å². The Balaban J connectivity index is 3.22. The average Bonchev–Trinajstić information content (AvgIpc) is 2.39. The summed E-state index contributed by atoms with van der Waals surface area (Å²) in [7, 11) is 0.0549. The fraction of sp³-hybridized carbons (Fsp3) is 0.571. The average molecular weight is 363 g/mol. The standard InChI is InChI=1S/C14H23BrN2O2S/c1-5-6-7-17(4)20(18,19)14-9-12(10-16-3)8-13(15)11(14)2/h8-9,16H,5-7,10H2,1-4H3. The molecule has 1 rings (SSSR count). The molecule has 0 fully saturated rings. The second kappa shape index (κ2) is 7.54. The van der Waals surface area contributed by atoms with Crippen LogP contribution >= 0.6 is 15.9 Å². The van der Waals surface area contributed by atoms with Crippen molar-refractivity contribution in [2.24, 2.45) is 0 Å². The van der Waals surface area contributed by atoms with Crippen molar-refractivity contribution in [3.05, 3.63) is 27.7 Å². The van der Waals surface area contributed by atoms with Crippen LogP contribution in [0.25, 0.3) is 0 Å². The molecule has 0 bridgehead atoms. The third-order valence-corrected chi connectivity index (χ3v) is 6.06. The van der Waals surface area contributed by atoms with Gasteiger partial charge in [0.25, 0.3) is 0 Å². The van der Waals surface area contributed by atoms with Crippen molar-refractivity contribution in [3.63, 3.8) is 0 Å². The molecule has 20 heavy (non-hydrogen) atoms. The topological polar surface area (TPSA) is 49.4 Å². The Kier molecular flexibility index (Phi) is 6.64. The second-order valence-electron chi connectivity index (χ2n) is 4.91. The maximum atomic E-state index is 12.7. The molecule has 0 unspecified atom stereocenters. The molecule has 6 heteroatoms. The van der Waals surface area contributed by atoms with Gasteiger partial charge in [-0.2, -0.15) is 0 Å². The van der Waals surface area contributed by atoms with E-state index in [9.17, 15) is 8.42 Å². The highest BCUT2D eigenvalue weighted by molar-refractivity contribution is 9.10. The Labute approximate surface area is 130 Å². The van der Waals surface area contributed by atoms with Crippen LogP contribution in [0.5, 0.6) is 0 Å². The minimum atomic E-state index is -3.43. The largest absolute Gasteiger partial charge is 0.316 e. The zero-order valence-corrected chi connectivity index (χ0v) is 14.9. The van der Waals surface area contributed by atoms with E-state index >= 15 is 0 Å². The number of nitrogens with one attached hydrogen (secondary N) is 1.